The molecule has 0 bridgehead atoms. The predicted octanol–water partition coefficient (Wildman–Crippen LogP) is 2.88. The first-order valence-electron chi connectivity index (χ1n) is 2.67. The highest BCUT2D eigenvalue weighted by Gasteiger charge is 1.81. The molecule has 0 radical (unpaired) electrons. The molecule has 0 aliphatic rings. The Balaban J connectivity index is 3.08. The Morgan fingerprint density at radius 1 is 1.12 bits per heavy atom. The van der Waals surface area contributed by atoms with E-state index in [-0.39, 0.29) is 0 Å². The van der Waals surface area contributed by atoms with Crippen molar-refractivity contribution >= 4 is 8.19 Å². The first-order chi connectivity index (χ1) is 3.79. The van der Waals surface area contributed by atoms with Gasteiger partial charge in [-0.25, -0.2) is 0 Å². The Kier molecular flexibility index (Phi) is 1.65. The molecule has 0 amide bonds. The zero-order valence-corrected chi connectivity index (χ0v) is 6.07. The van der Waals surface area contributed by atoms with Crippen molar-refractivity contribution in [2.45, 2.75) is 13.8 Å². The average Bonchev–Trinajstić information content (AvgIpc) is 1.64. The van der Waals surface area contributed by atoms with Crippen LogP contribution < -0.4 is 0 Å². The maximum absolute atomic E-state index is 2.20. The van der Waals surface area contributed by atoms with Crippen LogP contribution in [0.25, 0.3) is 0 Å². The molecule has 0 aromatic carbocycles. The second-order valence-electron chi connectivity index (χ2n) is 2.04. The molecule has 1 heterocycles. The van der Waals surface area contributed by atoms with Crippen molar-refractivity contribution in [2.75, 3.05) is 0 Å². The summed E-state index contributed by atoms with van der Waals surface area (Å²) in [6, 6.07) is 2.19. The van der Waals surface area contributed by atoms with Gasteiger partial charge in [-0.2, -0.15) is 0 Å². The molecule has 0 N–H and O–H groups in total. The molecule has 8 heavy (non-hydrogen) atoms. The minimum absolute atomic E-state index is 1.33. The van der Waals surface area contributed by atoms with E-state index in [9.17, 15) is 0 Å². The van der Waals surface area contributed by atoms with E-state index in [1.165, 1.54) is 19.3 Å². The number of aryl methyl sites for hydroxylation is 2. The lowest BCUT2D eigenvalue weighted by Crippen LogP contribution is -1.67. The highest BCUT2D eigenvalue weighted by atomic mass is 31.0. The van der Waals surface area contributed by atoms with Gasteiger partial charge in [-0.05, 0) is 36.6 Å². The lowest BCUT2D eigenvalue weighted by Gasteiger charge is -1.90. The van der Waals surface area contributed by atoms with Crippen LogP contribution in [0.15, 0.2) is 17.7 Å². The summed E-state index contributed by atoms with van der Waals surface area (Å²) in [5.74, 6) is 4.40. The SMILES string of the molecule is Cc1cpcc(C)c1. The molecular weight excluding hydrogens is 115 g/mol. The summed E-state index contributed by atoms with van der Waals surface area (Å²) < 4.78 is 0. The summed E-state index contributed by atoms with van der Waals surface area (Å²) in [5, 5.41) is 0. The van der Waals surface area contributed by atoms with E-state index in [1.54, 1.807) is 0 Å². The van der Waals surface area contributed by atoms with E-state index in [0.29, 0.717) is 0 Å². The minimum Gasteiger partial charge on any atom is -0.0759 e. The van der Waals surface area contributed by atoms with Crippen LogP contribution in [-0.2, 0) is 0 Å². The topological polar surface area (TPSA) is 0 Å². The summed E-state index contributed by atoms with van der Waals surface area (Å²) in [4.78, 5) is 0. The van der Waals surface area contributed by atoms with E-state index in [1.807, 2.05) is 0 Å². The number of hydrogen-bond acceptors (Lipinski definition) is 0. The second-order valence-corrected chi connectivity index (χ2v) is 2.85. The van der Waals surface area contributed by atoms with Crippen LogP contribution in [0.5, 0.6) is 0 Å². The first kappa shape index (κ1) is 5.78. The van der Waals surface area contributed by atoms with Gasteiger partial charge in [-0.3, -0.25) is 0 Å². The molecule has 1 rings (SSSR count). The molecule has 1 heteroatoms. The van der Waals surface area contributed by atoms with Gasteiger partial charge in [0.15, 0.2) is 0 Å². The van der Waals surface area contributed by atoms with Crippen molar-refractivity contribution in [3.05, 3.63) is 28.8 Å². The van der Waals surface area contributed by atoms with Crippen LogP contribution in [-0.4, -0.2) is 0 Å². The molecule has 42 valence electrons. The predicted molar refractivity (Wildman–Crippen MR) is 38.4 cm³/mol. The molecule has 0 nitrogen and oxygen atoms in total. The van der Waals surface area contributed by atoms with Crippen LogP contribution in [0.4, 0.5) is 0 Å². The monoisotopic (exact) mass is 124 g/mol. The summed E-state index contributed by atoms with van der Waals surface area (Å²) in [6.45, 7) is 4.26. The normalized spacial score (nSPS) is 9.25. The maximum Gasteiger partial charge on any atom is -0.0317 e. The summed E-state index contributed by atoms with van der Waals surface area (Å²) in [7, 11) is 1.33. The fraction of sp³-hybridized carbons (Fsp3) is 0.286. The lowest BCUT2D eigenvalue weighted by molar-refractivity contribution is 1.44. The van der Waals surface area contributed by atoms with Crippen LogP contribution in [0.2, 0.25) is 0 Å². The Morgan fingerprint density at radius 3 is 1.88 bits per heavy atom. The third-order valence-electron chi connectivity index (χ3n) is 1.01. The summed E-state index contributed by atoms with van der Waals surface area (Å²) in [6.07, 6.45) is 0. The Bertz CT molecular complexity index is 164. The highest BCUT2D eigenvalue weighted by Crippen LogP contribution is 2.10. The van der Waals surface area contributed by atoms with Gasteiger partial charge in [-0.15, -0.1) is 0 Å². The number of hydrogen-bond donors (Lipinski definition) is 0. The van der Waals surface area contributed by atoms with Gasteiger partial charge in [0.2, 0.25) is 0 Å². The second kappa shape index (κ2) is 2.28. The number of rotatable bonds is 0. The van der Waals surface area contributed by atoms with Crippen LogP contribution >= 0.6 is 8.19 Å². The van der Waals surface area contributed by atoms with Gasteiger partial charge >= 0.3 is 0 Å². The quantitative estimate of drug-likeness (QED) is 0.498. The van der Waals surface area contributed by atoms with Crippen LogP contribution in [0, 0.1) is 13.8 Å². The fourth-order valence-corrected chi connectivity index (χ4v) is 1.40. The van der Waals surface area contributed by atoms with E-state index < -0.39 is 0 Å². The molecule has 0 aliphatic carbocycles. The molecule has 0 saturated carbocycles. The van der Waals surface area contributed by atoms with Crippen molar-refractivity contribution in [1.29, 1.82) is 0 Å². The third-order valence-corrected chi connectivity index (χ3v) is 2.12. The van der Waals surface area contributed by atoms with E-state index in [0.717, 1.165) is 0 Å². The molecule has 0 saturated heterocycles. The Labute approximate surface area is 51.7 Å². The van der Waals surface area contributed by atoms with E-state index in [2.05, 4.69) is 31.5 Å². The molecule has 1 aromatic heterocycles. The summed E-state index contributed by atoms with van der Waals surface area (Å²) >= 11 is 0. The van der Waals surface area contributed by atoms with Crippen molar-refractivity contribution in [1.82, 2.24) is 0 Å². The van der Waals surface area contributed by atoms with Crippen molar-refractivity contribution in [3.63, 3.8) is 0 Å². The van der Waals surface area contributed by atoms with Crippen LogP contribution in [0.3, 0.4) is 0 Å². The largest absolute Gasteiger partial charge is 0.0759 e. The Morgan fingerprint density at radius 2 is 1.62 bits per heavy atom. The molecule has 1 aromatic rings. The highest BCUT2D eigenvalue weighted by molar-refractivity contribution is 7.28. The smallest absolute Gasteiger partial charge is 0.0317 e. The van der Waals surface area contributed by atoms with Gasteiger partial charge in [0.05, 0.1) is 0 Å². The zero-order chi connectivity index (χ0) is 5.98. The standard InChI is InChI=1S/C7H9P/c1-6-3-7(2)5-8-4-6/h3-5H,1-2H3. The average molecular weight is 124 g/mol. The van der Waals surface area contributed by atoms with Gasteiger partial charge in [-0.1, -0.05) is 14.3 Å². The van der Waals surface area contributed by atoms with Crippen molar-refractivity contribution in [2.24, 2.45) is 0 Å². The molecular formula is C7H9P. The molecule has 0 spiro atoms. The van der Waals surface area contributed by atoms with Gasteiger partial charge in [0.1, 0.15) is 0 Å². The molecule has 0 atom stereocenters. The Hall–Kier alpha value is -0.350. The minimum atomic E-state index is 1.33. The zero-order valence-electron chi connectivity index (χ0n) is 5.18. The maximum atomic E-state index is 2.20. The summed E-state index contributed by atoms with van der Waals surface area (Å²) in [5.41, 5.74) is 2.76. The van der Waals surface area contributed by atoms with Gasteiger partial charge in [0, 0.05) is 0 Å². The third kappa shape index (κ3) is 1.31. The molecule has 0 aliphatic heterocycles. The van der Waals surface area contributed by atoms with E-state index >= 15 is 0 Å². The van der Waals surface area contributed by atoms with Crippen molar-refractivity contribution < 1.29 is 0 Å². The molecule has 0 unspecified atom stereocenters. The van der Waals surface area contributed by atoms with Crippen LogP contribution in [0.1, 0.15) is 11.1 Å². The van der Waals surface area contributed by atoms with Gasteiger partial charge in [0.25, 0.3) is 0 Å². The van der Waals surface area contributed by atoms with Gasteiger partial charge < -0.3 is 0 Å². The van der Waals surface area contributed by atoms with Crippen molar-refractivity contribution in [3.8, 4) is 0 Å². The first-order valence-corrected chi connectivity index (χ1v) is 3.70. The molecule has 0 fully saturated rings. The lowest BCUT2D eigenvalue weighted by atomic mass is 10.3. The fourth-order valence-electron chi connectivity index (χ4n) is 0.706. The van der Waals surface area contributed by atoms with E-state index in [4.69, 9.17) is 0 Å².